The molecule has 2 N–H and O–H groups in total. The minimum Gasteiger partial charge on any atom is -0.481 e. The van der Waals surface area contributed by atoms with Crippen LogP contribution < -0.4 is 51.4 Å². The van der Waals surface area contributed by atoms with Gasteiger partial charge in [-0.05, 0) is 13.3 Å². The third-order valence-corrected chi connectivity index (χ3v) is 3.69. The van der Waals surface area contributed by atoms with Crippen LogP contribution in [0.5, 0.6) is 0 Å². The molecule has 0 fully saturated rings. The van der Waals surface area contributed by atoms with Crippen LogP contribution >= 0.6 is 0 Å². The first-order chi connectivity index (χ1) is 11.2. The number of carbonyl (C=O) groups is 2. The molecule has 0 amide bonds. The van der Waals surface area contributed by atoms with E-state index < -0.39 is 28.0 Å². The summed E-state index contributed by atoms with van der Waals surface area (Å²) in [6.07, 6.45) is 7.78. The molecule has 7 nitrogen and oxygen atoms in total. The largest absolute Gasteiger partial charge is 1.00 e. The molecule has 142 valence electrons. The topological polar surface area (TPSA) is 118 Å². The Bertz CT molecular complexity index is 475. The monoisotopic (exact) mass is 404 g/mol. The van der Waals surface area contributed by atoms with Crippen LogP contribution in [0.3, 0.4) is 0 Å². The second kappa shape index (κ2) is 19.0. The fraction of sp³-hybridized carbons (Fsp3) is 0.688. The molecule has 0 aliphatic rings. The third kappa shape index (κ3) is 24.2. The van der Waals surface area contributed by atoms with Crippen LogP contribution in [0.25, 0.3) is 0 Å². The van der Waals surface area contributed by atoms with Crippen molar-refractivity contribution in [2.75, 3.05) is 12.4 Å². The number of unbranched alkanes of at least 4 members (excludes halogenated alkanes) is 3. The van der Waals surface area contributed by atoms with Crippen molar-refractivity contribution in [3.05, 3.63) is 19.1 Å². The zero-order chi connectivity index (χ0) is 19.0. The molecule has 0 rings (SSSR count). The van der Waals surface area contributed by atoms with Gasteiger partial charge in [-0.3, -0.25) is 9.35 Å². The molecule has 0 heterocycles. The van der Waals surface area contributed by atoms with Gasteiger partial charge in [-0.1, -0.05) is 38.7 Å². The molecule has 25 heavy (non-hydrogen) atoms. The molecule has 0 saturated heterocycles. The number of hydrogen-bond donors (Lipinski definition) is 2. The number of hydrogen-bond acceptors (Lipinski definition) is 5. The number of rotatable bonds is 11. The number of carboxylic acid groups (broad SMARTS) is 1. The van der Waals surface area contributed by atoms with Crippen molar-refractivity contribution in [2.24, 2.45) is 5.92 Å². The van der Waals surface area contributed by atoms with Gasteiger partial charge in [-0.15, -0.1) is 0 Å². The van der Waals surface area contributed by atoms with E-state index in [1.807, 2.05) is 0 Å². The molecular weight excluding hydrogens is 375 g/mol. The smallest absolute Gasteiger partial charge is 0.481 e. The Morgan fingerprint density at radius 2 is 1.84 bits per heavy atom. The number of ether oxygens (including phenoxy) is 1. The van der Waals surface area contributed by atoms with Gasteiger partial charge in [0.15, 0.2) is 0 Å². The number of allylic oxidation sites excluding steroid dienone is 1. The molecule has 0 aromatic heterocycles. The second-order valence-electron chi connectivity index (χ2n) is 5.15. The maximum Gasteiger partial charge on any atom is 1.00 e. The minimum absolute atomic E-state index is 0. The summed E-state index contributed by atoms with van der Waals surface area (Å²) < 4.78 is 32.3. The zero-order valence-electron chi connectivity index (χ0n) is 15.4. The van der Waals surface area contributed by atoms with Crippen LogP contribution in [-0.4, -0.2) is 42.4 Å². The molecule has 0 saturated carbocycles. The van der Waals surface area contributed by atoms with E-state index in [9.17, 15) is 18.0 Å². The summed E-state index contributed by atoms with van der Waals surface area (Å²) in [5.41, 5.74) is 0. The molecule has 0 aromatic carbocycles. The average molecular weight is 405 g/mol. The van der Waals surface area contributed by atoms with Crippen molar-refractivity contribution in [3.8, 4) is 0 Å². The molecular formula is C16H29KO7S. The predicted molar refractivity (Wildman–Crippen MR) is 92.0 cm³/mol. The fourth-order valence-electron chi connectivity index (χ4n) is 1.64. The summed E-state index contributed by atoms with van der Waals surface area (Å²) >= 11 is 0. The first-order valence-electron chi connectivity index (χ1n) is 7.94. The number of carbonyl (C=O) groups excluding carboxylic acids is 1. The first-order valence-corrected chi connectivity index (χ1v) is 9.55. The fourth-order valence-corrected chi connectivity index (χ4v) is 2.01. The normalized spacial score (nSPS) is 11.8. The van der Waals surface area contributed by atoms with Crippen molar-refractivity contribution in [1.29, 1.82) is 0 Å². The summed E-state index contributed by atoms with van der Waals surface area (Å²) in [5.74, 6) is -2.20. The van der Waals surface area contributed by atoms with Gasteiger partial charge in [0.05, 0.1) is 5.92 Å². The van der Waals surface area contributed by atoms with Crippen LogP contribution in [0, 0.1) is 12.8 Å². The van der Waals surface area contributed by atoms with Crippen LogP contribution in [-0.2, 0) is 24.4 Å². The van der Waals surface area contributed by atoms with E-state index in [0.29, 0.717) is 6.42 Å². The predicted octanol–water partition coefficient (Wildman–Crippen LogP) is -0.121. The van der Waals surface area contributed by atoms with Crippen molar-refractivity contribution in [2.45, 2.75) is 52.4 Å². The Balaban J connectivity index is -0.000000513. The third-order valence-electron chi connectivity index (χ3n) is 2.89. The van der Waals surface area contributed by atoms with Gasteiger partial charge in [0.25, 0.3) is 10.1 Å². The van der Waals surface area contributed by atoms with E-state index in [2.05, 4.69) is 13.8 Å². The summed E-state index contributed by atoms with van der Waals surface area (Å²) in [6.45, 7) is 7.01. The Hall–Kier alpha value is 0.226. The SMILES string of the molecule is CC=CC(=O)OCC(CCCCCC)C(=O)O.[CH2-]CCS(=O)(=O)O.[K+]. The Kier molecular flexibility index (Phi) is 22.8. The van der Waals surface area contributed by atoms with E-state index in [-0.39, 0.29) is 70.2 Å². The van der Waals surface area contributed by atoms with E-state index in [4.69, 9.17) is 14.4 Å². The van der Waals surface area contributed by atoms with Crippen LogP contribution in [0.1, 0.15) is 52.4 Å². The van der Waals surface area contributed by atoms with Gasteiger partial charge in [-0.2, -0.15) is 14.8 Å². The van der Waals surface area contributed by atoms with Crippen LogP contribution in [0.4, 0.5) is 0 Å². The quantitative estimate of drug-likeness (QED) is 0.123. The number of aliphatic carboxylic acids is 1. The molecule has 9 heteroatoms. The maximum absolute atomic E-state index is 11.0. The van der Waals surface area contributed by atoms with Crippen molar-refractivity contribution >= 4 is 22.1 Å². The van der Waals surface area contributed by atoms with Gasteiger partial charge in [0, 0.05) is 11.8 Å². The minimum atomic E-state index is -3.74. The molecule has 1 unspecified atom stereocenters. The van der Waals surface area contributed by atoms with Crippen LogP contribution in [0.15, 0.2) is 12.2 Å². The summed E-state index contributed by atoms with van der Waals surface area (Å²) in [6, 6.07) is 0. The molecule has 0 bridgehead atoms. The van der Waals surface area contributed by atoms with E-state index in [1.165, 1.54) is 6.08 Å². The molecule has 1 atom stereocenters. The maximum atomic E-state index is 11.0. The van der Waals surface area contributed by atoms with Gasteiger partial charge < -0.3 is 16.8 Å². The number of esters is 1. The zero-order valence-corrected chi connectivity index (χ0v) is 19.4. The molecule has 0 aliphatic carbocycles. The van der Waals surface area contributed by atoms with Gasteiger partial charge in [0.1, 0.15) is 6.61 Å². The number of carboxylic acids is 1. The molecule has 0 aromatic rings. The van der Waals surface area contributed by atoms with E-state index in [0.717, 1.165) is 25.7 Å². The van der Waals surface area contributed by atoms with E-state index >= 15 is 0 Å². The van der Waals surface area contributed by atoms with Gasteiger partial charge in [-0.25, -0.2) is 4.79 Å². The summed E-state index contributed by atoms with van der Waals surface area (Å²) in [7, 11) is -3.74. The second-order valence-corrected chi connectivity index (χ2v) is 6.73. The van der Waals surface area contributed by atoms with Crippen molar-refractivity contribution in [1.82, 2.24) is 0 Å². The molecule has 0 aliphatic heterocycles. The average Bonchev–Trinajstić information content (AvgIpc) is 2.45. The van der Waals surface area contributed by atoms with Crippen LogP contribution in [0.2, 0.25) is 0 Å². The Morgan fingerprint density at radius 1 is 1.24 bits per heavy atom. The van der Waals surface area contributed by atoms with Gasteiger partial charge >= 0.3 is 63.3 Å². The van der Waals surface area contributed by atoms with E-state index in [1.54, 1.807) is 13.0 Å². The molecule has 0 spiro atoms. The van der Waals surface area contributed by atoms with Crippen molar-refractivity contribution in [3.63, 3.8) is 0 Å². The van der Waals surface area contributed by atoms with Gasteiger partial charge in [0.2, 0.25) is 0 Å². The standard InChI is InChI=1S/C13H22O4.C3H7O3S.K/c1-3-5-6-7-9-11(13(15)16)10-17-12(14)8-4-2;1-2-3-7(4,5)6;/h4,8,11H,3,5-7,9-10H2,1-2H3,(H,15,16);1-3H2,(H,4,5,6);/q;-1;+1. The first kappa shape index (κ1) is 30.0. The Morgan fingerprint density at radius 3 is 2.20 bits per heavy atom. The van der Waals surface area contributed by atoms with Crippen molar-refractivity contribution < 1.29 is 83.8 Å². The summed E-state index contributed by atoms with van der Waals surface area (Å²) in [5, 5.41) is 8.96. The molecule has 0 radical (unpaired) electrons. The Labute approximate surface area is 193 Å². The summed E-state index contributed by atoms with van der Waals surface area (Å²) in [4.78, 5) is 22.0.